The lowest BCUT2D eigenvalue weighted by atomic mass is 10.2. The highest BCUT2D eigenvalue weighted by Crippen LogP contribution is 2.34. The van der Waals surface area contributed by atoms with E-state index in [4.69, 9.17) is 4.74 Å². The first-order valence-electron chi connectivity index (χ1n) is 9.10. The van der Waals surface area contributed by atoms with Gasteiger partial charge in [0.25, 0.3) is 0 Å². The molecule has 0 saturated carbocycles. The van der Waals surface area contributed by atoms with Crippen molar-refractivity contribution in [1.29, 1.82) is 0 Å². The van der Waals surface area contributed by atoms with Crippen LogP contribution in [0.4, 0.5) is 0 Å². The lowest BCUT2D eigenvalue weighted by Gasteiger charge is -2.27. The van der Waals surface area contributed by atoms with Crippen LogP contribution in [0, 0.1) is 6.92 Å². The van der Waals surface area contributed by atoms with Gasteiger partial charge in [-0.3, -0.25) is 9.69 Å². The first-order chi connectivity index (χ1) is 13.0. The second-order valence-electron chi connectivity index (χ2n) is 6.97. The molecule has 0 spiro atoms. The number of benzene rings is 1. The molecule has 1 amide bonds. The average Bonchev–Trinajstić information content (AvgIpc) is 3.26. The molecule has 1 fully saturated rings. The Labute approximate surface area is 163 Å². The minimum Gasteiger partial charge on any atom is -0.497 e. The molecule has 1 aromatic carbocycles. The van der Waals surface area contributed by atoms with E-state index in [0.29, 0.717) is 29.2 Å². The second kappa shape index (κ2) is 8.75. The fraction of sp³-hybridized carbons (Fsp3) is 0.526. The van der Waals surface area contributed by atoms with E-state index in [1.165, 1.54) is 4.90 Å². The molecule has 2 aromatic rings. The van der Waals surface area contributed by atoms with Crippen molar-refractivity contribution in [2.75, 3.05) is 13.7 Å². The van der Waals surface area contributed by atoms with Crippen LogP contribution in [0.3, 0.4) is 0 Å². The van der Waals surface area contributed by atoms with Gasteiger partial charge in [0.2, 0.25) is 5.91 Å². The van der Waals surface area contributed by atoms with Crippen LogP contribution in [-0.2, 0) is 11.3 Å². The Hall–Kier alpha value is -2.06. The number of hydrogen-bond acceptors (Lipinski definition) is 7. The van der Waals surface area contributed by atoms with E-state index in [-0.39, 0.29) is 11.9 Å². The van der Waals surface area contributed by atoms with E-state index >= 15 is 0 Å². The van der Waals surface area contributed by atoms with Crippen LogP contribution in [0.15, 0.2) is 33.8 Å². The van der Waals surface area contributed by atoms with Crippen LogP contribution in [0.2, 0.25) is 0 Å². The summed E-state index contributed by atoms with van der Waals surface area (Å²) in [4.78, 5) is 16.2. The van der Waals surface area contributed by atoms with Crippen molar-refractivity contribution >= 4 is 17.7 Å². The summed E-state index contributed by atoms with van der Waals surface area (Å²) in [5.41, 5.74) is 1.37. The maximum Gasteiger partial charge on any atom is 0.237 e. The molecule has 0 unspecified atom stereocenters. The van der Waals surface area contributed by atoms with Crippen molar-refractivity contribution < 1.29 is 14.2 Å². The molecule has 1 aromatic heterocycles. The quantitative estimate of drug-likeness (QED) is 0.778. The molecule has 146 valence electrons. The van der Waals surface area contributed by atoms with Crippen LogP contribution >= 0.6 is 11.8 Å². The minimum absolute atomic E-state index is 0.0314. The number of nitrogens with zero attached hydrogens (tertiary/aromatic N) is 3. The van der Waals surface area contributed by atoms with E-state index in [0.717, 1.165) is 18.7 Å². The number of nitrogens with one attached hydrogen (secondary N) is 1. The average molecular weight is 391 g/mol. The van der Waals surface area contributed by atoms with Gasteiger partial charge in [-0.2, -0.15) is 0 Å². The highest BCUT2D eigenvalue weighted by atomic mass is 32.2. The van der Waals surface area contributed by atoms with E-state index < -0.39 is 0 Å². The molecule has 2 heterocycles. The molecule has 1 aliphatic heterocycles. The van der Waals surface area contributed by atoms with Crippen molar-refractivity contribution in [1.82, 2.24) is 20.5 Å². The van der Waals surface area contributed by atoms with Gasteiger partial charge < -0.3 is 10.1 Å². The Kier molecular flexibility index (Phi) is 6.38. The van der Waals surface area contributed by atoms with Crippen molar-refractivity contribution in [2.24, 2.45) is 0 Å². The summed E-state index contributed by atoms with van der Waals surface area (Å²) >= 11 is 1.82. The van der Waals surface area contributed by atoms with E-state index in [1.54, 1.807) is 7.11 Å². The van der Waals surface area contributed by atoms with Crippen molar-refractivity contribution in [2.45, 2.75) is 56.0 Å². The molecule has 1 saturated heterocycles. The van der Waals surface area contributed by atoms with Crippen LogP contribution in [-0.4, -0.2) is 52.1 Å². The molecule has 0 radical (unpaired) electrons. The summed E-state index contributed by atoms with van der Waals surface area (Å²) in [5.74, 6) is 0.883. The summed E-state index contributed by atoms with van der Waals surface area (Å²) < 4.78 is 9.90. The number of carbonyl (C=O) groups is 1. The van der Waals surface area contributed by atoms with Crippen LogP contribution < -0.4 is 10.1 Å². The Morgan fingerprint density at radius 3 is 2.70 bits per heavy atom. The van der Waals surface area contributed by atoms with E-state index in [9.17, 15) is 4.79 Å². The SMILES string of the molecule is COc1ccc(S[C@@H]2C[C@@H](C(=O)NCc3nonc3C)N(C(C)C)C2)cc1. The summed E-state index contributed by atoms with van der Waals surface area (Å²) in [6.07, 6.45) is 0.816. The highest BCUT2D eigenvalue weighted by molar-refractivity contribution is 8.00. The first kappa shape index (κ1) is 19.7. The van der Waals surface area contributed by atoms with Crippen LogP contribution in [0.1, 0.15) is 31.7 Å². The molecule has 0 bridgehead atoms. The summed E-state index contributed by atoms with van der Waals surface area (Å²) in [6.45, 7) is 7.30. The molecule has 27 heavy (non-hydrogen) atoms. The number of aromatic nitrogens is 2. The predicted octanol–water partition coefficient (Wildman–Crippen LogP) is 2.65. The number of rotatable bonds is 7. The standard InChI is InChI=1S/C19H26N4O3S/c1-12(2)23-11-16(27-15-7-5-14(25-4)6-8-15)9-18(23)19(24)20-10-17-13(3)21-26-22-17/h5-8,12,16,18H,9-11H2,1-4H3,(H,20,24)/t16-,18+/m1/s1. The monoisotopic (exact) mass is 390 g/mol. The molecule has 1 N–H and O–H groups in total. The molecule has 7 nitrogen and oxygen atoms in total. The van der Waals surface area contributed by atoms with Gasteiger partial charge in [-0.15, -0.1) is 11.8 Å². The fourth-order valence-corrected chi connectivity index (χ4v) is 4.48. The van der Waals surface area contributed by atoms with E-state index in [2.05, 4.69) is 51.1 Å². The van der Waals surface area contributed by atoms with Gasteiger partial charge in [-0.05, 0) is 51.5 Å². The normalized spacial score (nSPS) is 20.2. The molecular formula is C19H26N4O3S. The molecule has 8 heteroatoms. The number of hydrogen-bond donors (Lipinski definition) is 1. The number of methoxy groups -OCH3 is 1. The van der Waals surface area contributed by atoms with Crippen molar-refractivity contribution in [3.05, 3.63) is 35.7 Å². The zero-order chi connectivity index (χ0) is 19.4. The van der Waals surface area contributed by atoms with Crippen LogP contribution in [0.5, 0.6) is 5.75 Å². The number of likely N-dealkylation sites (tertiary alicyclic amines) is 1. The lowest BCUT2D eigenvalue weighted by Crippen LogP contribution is -2.45. The number of ether oxygens (including phenoxy) is 1. The number of carbonyl (C=O) groups excluding carboxylic acids is 1. The zero-order valence-electron chi connectivity index (χ0n) is 16.1. The Morgan fingerprint density at radius 1 is 1.37 bits per heavy atom. The highest BCUT2D eigenvalue weighted by Gasteiger charge is 2.38. The molecule has 1 aliphatic rings. The van der Waals surface area contributed by atoms with Crippen molar-refractivity contribution in [3.8, 4) is 5.75 Å². The van der Waals surface area contributed by atoms with Gasteiger partial charge in [0.05, 0.1) is 19.7 Å². The van der Waals surface area contributed by atoms with Crippen molar-refractivity contribution in [3.63, 3.8) is 0 Å². The van der Waals surface area contributed by atoms with Gasteiger partial charge >= 0.3 is 0 Å². The predicted molar refractivity (Wildman–Crippen MR) is 104 cm³/mol. The smallest absolute Gasteiger partial charge is 0.237 e. The number of aryl methyl sites for hydroxylation is 1. The number of amides is 1. The third-order valence-electron chi connectivity index (χ3n) is 4.81. The van der Waals surface area contributed by atoms with Gasteiger partial charge in [0.1, 0.15) is 17.1 Å². The molecule has 0 aliphatic carbocycles. The van der Waals surface area contributed by atoms with E-state index in [1.807, 2.05) is 30.8 Å². The third kappa shape index (κ3) is 4.81. The fourth-order valence-electron chi connectivity index (χ4n) is 3.28. The Morgan fingerprint density at radius 2 is 2.11 bits per heavy atom. The molecular weight excluding hydrogens is 364 g/mol. The Bertz CT molecular complexity index is 763. The van der Waals surface area contributed by atoms with Gasteiger partial charge in [-0.1, -0.05) is 10.3 Å². The summed E-state index contributed by atoms with van der Waals surface area (Å²) in [6, 6.07) is 8.23. The number of thioether (sulfide) groups is 1. The third-order valence-corrected chi connectivity index (χ3v) is 6.02. The van der Waals surface area contributed by atoms with Gasteiger partial charge in [0, 0.05) is 22.7 Å². The second-order valence-corrected chi connectivity index (χ2v) is 8.35. The topological polar surface area (TPSA) is 80.5 Å². The Balaban J connectivity index is 1.61. The molecule has 3 rings (SSSR count). The van der Waals surface area contributed by atoms with Gasteiger partial charge in [0.15, 0.2) is 0 Å². The molecule has 2 atom stereocenters. The first-order valence-corrected chi connectivity index (χ1v) is 9.98. The zero-order valence-corrected chi connectivity index (χ0v) is 17.0. The maximum absolute atomic E-state index is 12.8. The summed E-state index contributed by atoms with van der Waals surface area (Å²) in [7, 11) is 1.67. The summed E-state index contributed by atoms with van der Waals surface area (Å²) in [5, 5.41) is 10.9. The minimum atomic E-state index is -0.138. The maximum atomic E-state index is 12.8. The lowest BCUT2D eigenvalue weighted by molar-refractivity contribution is -0.126. The largest absolute Gasteiger partial charge is 0.497 e. The van der Waals surface area contributed by atoms with Gasteiger partial charge in [-0.25, -0.2) is 4.63 Å². The van der Waals surface area contributed by atoms with Crippen LogP contribution in [0.25, 0.3) is 0 Å².